The molecule has 5 nitrogen and oxygen atoms in total. The lowest BCUT2D eigenvalue weighted by molar-refractivity contribution is -0.132. The van der Waals surface area contributed by atoms with Crippen molar-refractivity contribution in [3.63, 3.8) is 0 Å². The number of hydrogen-bond acceptors (Lipinski definition) is 3. The van der Waals surface area contributed by atoms with Crippen LogP contribution < -0.4 is 0 Å². The second-order valence-electron chi connectivity index (χ2n) is 7.42. The predicted octanol–water partition coefficient (Wildman–Crippen LogP) is 2.37. The zero-order valence-electron chi connectivity index (χ0n) is 12.7. The molecule has 1 aliphatic carbocycles. The van der Waals surface area contributed by atoms with Crippen LogP contribution in [0.5, 0.6) is 0 Å². The number of aromatic nitrogens is 3. The molecule has 1 unspecified atom stereocenters. The molecule has 5 heteroatoms. The summed E-state index contributed by atoms with van der Waals surface area (Å²) >= 11 is 0. The third kappa shape index (κ3) is 3.02. The number of carbonyl (C=O) groups excluding carboxylic acids is 1. The fraction of sp³-hybridized carbons (Fsp3) is 0.800. The smallest absolute Gasteiger partial charge is 0.223 e. The Morgan fingerprint density at radius 2 is 2.10 bits per heavy atom. The monoisotopic (exact) mass is 276 g/mol. The highest BCUT2D eigenvalue weighted by atomic mass is 16.2. The Bertz CT molecular complexity index is 498. The van der Waals surface area contributed by atoms with E-state index in [2.05, 4.69) is 37.3 Å². The molecule has 1 atom stereocenters. The van der Waals surface area contributed by atoms with Gasteiger partial charge in [0.05, 0.1) is 11.7 Å². The molecule has 1 saturated heterocycles. The molecule has 0 radical (unpaired) electrons. The van der Waals surface area contributed by atoms with E-state index in [1.54, 1.807) is 0 Å². The van der Waals surface area contributed by atoms with Gasteiger partial charge >= 0.3 is 0 Å². The fourth-order valence-corrected chi connectivity index (χ4v) is 2.78. The number of likely N-dealkylation sites (tertiary alicyclic amines) is 1. The van der Waals surface area contributed by atoms with Gasteiger partial charge in [-0.2, -0.15) is 0 Å². The standard InChI is InChI=1S/C15H24N4O/c1-15(2,3)8-14(20)18-7-6-12(9-18)19-10-13(16-17-19)11-4-5-11/h10-12H,4-9H2,1-3H3. The minimum atomic E-state index is 0.0571. The van der Waals surface area contributed by atoms with Gasteiger partial charge in [0.1, 0.15) is 0 Å². The van der Waals surface area contributed by atoms with Crippen LogP contribution in [-0.2, 0) is 4.79 Å². The molecule has 0 bridgehead atoms. The largest absolute Gasteiger partial charge is 0.340 e. The number of nitrogens with zero attached hydrogens (tertiary/aromatic N) is 4. The van der Waals surface area contributed by atoms with Crippen molar-refractivity contribution in [2.75, 3.05) is 13.1 Å². The lowest BCUT2D eigenvalue weighted by atomic mass is 9.92. The molecule has 0 spiro atoms. The molecular weight excluding hydrogens is 252 g/mol. The van der Waals surface area contributed by atoms with Gasteiger partial charge < -0.3 is 4.90 Å². The first kappa shape index (κ1) is 13.6. The summed E-state index contributed by atoms with van der Waals surface area (Å²) in [7, 11) is 0. The van der Waals surface area contributed by atoms with Crippen LogP contribution in [0, 0.1) is 5.41 Å². The topological polar surface area (TPSA) is 51.0 Å². The van der Waals surface area contributed by atoms with Crippen LogP contribution in [0.25, 0.3) is 0 Å². The normalized spacial score (nSPS) is 23.4. The van der Waals surface area contributed by atoms with Gasteiger partial charge in [0.2, 0.25) is 5.91 Å². The van der Waals surface area contributed by atoms with Gasteiger partial charge in [0, 0.05) is 31.6 Å². The van der Waals surface area contributed by atoms with Gasteiger partial charge in [-0.1, -0.05) is 26.0 Å². The average molecular weight is 276 g/mol. The van der Waals surface area contributed by atoms with Crippen molar-refractivity contribution in [3.05, 3.63) is 11.9 Å². The first-order valence-electron chi connectivity index (χ1n) is 7.62. The van der Waals surface area contributed by atoms with E-state index >= 15 is 0 Å². The van der Waals surface area contributed by atoms with Crippen molar-refractivity contribution in [1.82, 2.24) is 19.9 Å². The summed E-state index contributed by atoms with van der Waals surface area (Å²) in [6, 6.07) is 0.305. The number of carbonyl (C=O) groups is 1. The Kier molecular flexibility index (Phi) is 3.30. The molecule has 2 aliphatic rings. The van der Waals surface area contributed by atoms with E-state index in [0.29, 0.717) is 18.4 Å². The number of amides is 1. The van der Waals surface area contributed by atoms with Gasteiger partial charge in [0.15, 0.2) is 0 Å². The van der Waals surface area contributed by atoms with Gasteiger partial charge in [-0.25, -0.2) is 4.68 Å². The minimum absolute atomic E-state index is 0.0571. The Hall–Kier alpha value is -1.39. The molecule has 1 amide bonds. The summed E-state index contributed by atoms with van der Waals surface area (Å²) < 4.78 is 1.97. The highest BCUT2D eigenvalue weighted by molar-refractivity contribution is 5.77. The van der Waals surface area contributed by atoms with Crippen LogP contribution in [0.2, 0.25) is 0 Å². The van der Waals surface area contributed by atoms with Crippen molar-refractivity contribution in [2.24, 2.45) is 5.41 Å². The summed E-state index contributed by atoms with van der Waals surface area (Å²) in [5, 5.41) is 8.52. The maximum atomic E-state index is 12.2. The van der Waals surface area contributed by atoms with Gasteiger partial charge in [-0.3, -0.25) is 4.79 Å². The molecule has 1 aliphatic heterocycles. The molecule has 110 valence electrons. The van der Waals surface area contributed by atoms with Crippen molar-refractivity contribution < 1.29 is 4.79 Å². The molecule has 2 fully saturated rings. The molecule has 20 heavy (non-hydrogen) atoms. The summed E-state index contributed by atoms with van der Waals surface area (Å²) in [4.78, 5) is 14.2. The van der Waals surface area contributed by atoms with Gasteiger partial charge in [0.25, 0.3) is 0 Å². The van der Waals surface area contributed by atoms with Crippen LogP contribution in [0.3, 0.4) is 0 Å². The quantitative estimate of drug-likeness (QED) is 0.851. The molecule has 1 saturated carbocycles. The Balaban J connectivity index is 1.59. The molecule has 1 aromatic rings. The highest BCUT2D eigenvalue weighted by Crippen LogP contribution is 2.39. The predicted molar refractivity (Wildman–Crippen MR) is 76.3 cm³/mol. The lowest BCUT2D eigenvalue weighted by Crippen LogP contribution is -2.32. The summed E-state index contributed by atoms with van der Waals surface area (Å²) in [6.07, 6.45) is 6.19. The molecule has 2 heterocycles. The second kappa shape index (κ2) is 4.86. The average Bonchev–Trinajstić information content (AvgIpc) is 2.91. The number of rotatable bonds is 3. The van der Waals surface area contributed by atoms with Crippen LogP contribution in [0.15, 0.2) is 6.20 Å². The highest BCUT2D eigenvalue weighted by Gasteiger charge is 2.32. The van der Waals surface area contributed by atoms with Gasteiger partial charge in [-0.05, 0) is 24.7 Å². The summed E-state index contributed by atoms with van der Waals surface area (Å²) in [5.41, 5.74) is 1.19. The van der Waals surface area contributed by atoms with E-state index in [9.17, 15) is 4.79 Å². The van der Waals surface area contributed by atoms with E-state index in [1.807, 2.05) is 9.58 Å². The molecule has 0 aromatic carbocycles. The van der Waals surface area contributed by atoms with E-state index < -0.39 is 0 Å². The zero-order valence-corrected chi connectivity index (χ0v) is 12.7. The fourth-order valence-electron chi connectivity index (χ4n) is 2.78. The SMILES string of the molecule is CC(C)(C)CC(=O)N1CCC(n2cc(C3CC3)nn2)C1. The maximum Gasteiger partial charge on any atom is 0.223 e. The second-order valence-corrected chi connectivity index (χ2v) is 7.42. The van der Waals surface area contributed by atoms with E-state index in [0.717, 1.165) is 25.2 Å². The Morgan fingerprint density at radius 1 is 1.35 bits per heavy atom. The molecule has 3 rings (SSSR count). The third-order valence-electron chi connectivity index (χ3n) is 4.10. The zero-order chi connectivity index (χ0) is 14.3. The number of hydrogen-bond donors (Lipinski definition) is 0. The first-order chi connectivity index (χ1) is 9.42. The van der Waals surface area contributed by atoms with Crippen LogP contribution >= 0.6 is 0 Å². The minimum Gasteiger partial charge on any atom is -0.340 e. The maximum absolute atomic E-state index is 12.2. The Labute approximate surface area is 120 Å². The molecule has 0 N–H and O–H groups in total. The van der Waals surface area contributed by atoms with E-state index in [1.165, 1.54) is 12.8 Å². The van der Waals surface area contributed by atoms with E-state index in [4.69, 9.17) is 0 Å². The Morgan fingerprint density at radius 3 is 2.75 bits per heavy atom. The van der Waals surface area contributed by atoms with Crippen LogP contribution in [0.4, 0.5) is 0 Å². The van der Waals surface area contributed by atoms with Gasteiger partial charge in [-0.15, -0.1) is 5.10 Å². The molecule has 1 aromatic heterocycles. The van der Waals surface area contributed by atoms with Crippen molar-refractivity contribution in [3.8, 4) is 0 Å². The first-order valence-corrected chi connectivity index (χ1v) is 7.62. The summed E-state index contributed by atoms with van der Waals surface area (Å²) in [5.74, 6) is 0.909. The van der Waals surface area contributed by atoms with Crippen LogP contribution in [-0.4, -0.2) is 38.9 Å². The molecular formula is C15H24N4O. The van der Waals surface area contributed by atoms with E-state index in [-0.39, 0.29) is 11.3 Å². The van der Waals surface area contributed by atoms with Crippen LogP contribution in [0.1, 0.15) is 64.1 Å². The lowest BCUT2D eigenvalue weighted by Gasteiger charge is -2.22. The third-order valence-corrected chi connectivity index (χ3v) is 4.10. The van der Waals surface area contributed by atoms with Crippen molar-refractivity contribution in [1.29, 1.82) is 0 Å². The van der Waals surface area contributed by atoms with Crippen molar-refractivity contribution in [2.45, 2.75) is 58.4 Å². The van der Waals surface area contributed by atoms with Crippen molar-refractivity contribution >= 4 is 5.91 Å². The summed E-state index contributed by atoms with van der Waals surface area (Å²) in [6.45, 7) is 7.95.